The van der Waals surface area contributed by atoms with Crippen LogP contribution in [0.1, 0.15) is 168 Å². The molecule has 0 atom stereocenters. The maximum Gasteiger partial charge on any atom is 0.305 e. The van der Waals surface area contributed by atoms with E-state index in [0.29, 0.717) is 13.0 Å². The Morgan fingerprint density at radius 3 is 1.10 bits per heavy atom. The van der Waals surface area contributed by atoms with E-state index >= 15 is 0 Å². The molecule has 0 aliphatic rings. The lowest BCUT2D eigenvalue weighted by atomic mass is 10.0. The molecular formula is C28H56O2. The lowest BCUT2D eigenvalue weighted by Gasteiger charge is -2.05. The lowest BCUT2D eigenvalue weighted by molar-refractivity contribution is -0.143. The van der Waals surface area contributed by atoms with E-state index < -0.39 is 0 Å². The van der Waals surface area contributed by atoms with Crippen molar-refractivity contribution in [3.63, 3.8) is 0 Å². The minimum absolute atomic E-state index is 0.0181. The number of hydrogen-bond acceptors (Lipinski definition) is 2. The van der Waals surface area contributed by atoms with Crippen LogP contribution in [0.25, 0.3) is 0 Å². The topological polar surface area (TPSA) is 26.3 Å². The molecule has 0 saturated carbocycles. The minimum Gasteiger partial charge on any atom is -0.466 e. The van der Waals surface area contributed by atoms with Crippen molar-refractivity contribution in [2.75, 3.05) is 6.61 Å². The Morgan fingerprint density at radius 2 is 0.733 bits per heavy atom. The highest BCUT2D eigenvalue weighted by molar-refractivity contribution is 5.69. The predicted octanol–water partition coefficient (Wildman–Crippen LogP) is 9.93. The highest BCUT2D eigenvalue weighted by atomic mass is 16.5. The van der Waals surface area contributed by atoms with Crippen LogP contribution in [-0.2, 0) is 9.53 Å². The third-order valence-corrected chi connectivity index (χ3v) is 6.25. The zero-order valence-corrected chi connectivity index (χ0v) is 21.0. The number of unbranched alkanes of at least 4 members (excludes halogenated alkanes) is 21. The van der Waals surface area contributed by atoms with Crippen LogP contribution in [0.2, 0.25) is 0 Å². The molecule has 0 aliphatic heterocycles. The van der Waals surface area contributed by atoms with E-state index in [2.05, 4.69) is 13.8 Å². The molecule has 2 nitrogen and oxygen atoms in total. The normalized spacial score (nSPS) is 11.1. The van der Waals surface area contributed by atoms with Crippen molar-refractivity contribution >= 4 is 5.97 Å². The van der Waals surface area contributed by atoms with Gasteiger partial charge in [-0.25, -0.2) is 0 Å². The van der Waals surface area contributed by atoms with Gasteiger partial charge in [-0.15, -0.1) is 0 Å². The molecule has 0 N–H and O–H groups in total. The Labute approximate surface area is 190 Å². The van der Waals surface area contributed by atoms with Crippen molar-refractivity contribution in [2.24, 2.45) is 0 Å². The monoisotopic (exact) mass is 424 g/mol. The minimum atomic E-state index is 0.0181. The molecule has 0 bridgehead atoms. The highest BCUT2D eigenvalue weighted by Crippen LogP contribution is 2.14. The van der Waals surface area contributed by atoms with Crippen LogP contribution in [0.4, 0.5) is 0 Å². The summed E-state index contributed by atoms with van der Waals surface area (Å²) in [7, 11) is 0. The summed E-state index contributed by atoms with van der Waals surface area (Å²) in [6.07, 6.45) is 31.4. The Kier molecular flexibility index (Phi) is 26.0. The molecule has 0 aliphatic carbocycles. The first-order valence-electron chi connectivity index (χ1n) is 14.0. The van der Waals surface area contributed by atoms with Crippen LogP contribution in [0.5, 0.6) is 0 Å². The average molecular weight is 425 g/mol. The fraction of sp³-hybridized carbons (Fsp3) is 0.964. The summed E-state index contributed by atoms with van der Waals surface area (Å²) < 4.78 is 5.34. The zero-order valence-electron chi connectivity index (χ0n) is 21.0. The van der Waals surface area contributed by atoms with Gasteiger partial charge in [0, 0.05) is 6.42 Å². The lowest BCUT2D eigenvalue weighted by Crippen LogP contribution is -2.05. The molecular weight excluding hydrogens is 368 g/mol. The smallest absolute Gasteiger partial charge is 0.305 e. The molecule has 0 rings (SSSR count). The van der Waals surface area contributed by atoms with Gasteiger partial charge in [0.15, 0.2) is 0 Å². The van der Waals surface area contributed by atoms with E-state index in [-0.39, 0.29) is 5.97 Å². The van der Waals surface area contributed by atoms with Crippen LogP contribution < -0.4 is 0 Å². The summed E-state index contributed by atoms with van der Waals surface area (Å²) in [6.45, 7) is 5.15. The molecule has 0 fully saturated rings. The number of carbonyl (C=O) groups is 1. The summed E-state index contributed by atoms with van der Waals surface area (Å²) >= 11 is 0. The second-order valence-corrected chi connectivity index (χ2v) is 9.40. The van der Waals surface area contributed by atoms with Gasteiger partial charge in [-0.1, -0.05) is 149 Å². The molecule has 0 heterocycles. The van der Waals surface area contributed by atoms with Gasteiger partial charge < -0.3 is 4.74 Å². The third-order valence-electron chi connectivity index (χ3n) is 6.25. The predicted molar refractivity (Wildman–Crippen MR) is 133 cm³/mol. The van der Waals surface area contributed by atoms with Crippen molar-refractivity contribution in [1.82, 2.24) is 0 Å². The molecule has 0 saturated heterocycles. The van der Waals surface area contributed by atoms with E-state index in [9.17, 15) is 4.79 Å². The number of hydrogen-bond donors (Lipinski definition) is 0. The molecule has 30 heavy (non-hydrogen) atoms. The largest absolute Gasteiger partial charge is 0.466 e. The van der Waals surface area contributed by atoms with Gasteiger partial charge in [0.25, 0.3) is 0 Å². The van der Waals surface area contributed by atoms with Crippen LogP contribution in [0, 0.1) is 0 Å². The summed E-state index contributed by atoms with van der Waals surface area (Å²) in [5.74, 6) is 0.0181. The van der Waals surface area contributed by atoms with Crippen molar-refractivity contribution in [3.8, 4) is 0 Å². The van der Waals surface area contributed by atoms with Crippen LogP contribution >= 0.6 is 0 Å². The van der Waals surface area contributed by atoms with Crippen molar-refractivity contribution in [3.05, 3.63) is 0 Å². The van der Waals surface area contributed by atoms with Gasteiger partial charge in [0.1, 0.15) is 0 Å². The SMILES string of the molecule is CCCCCCCCCCCCCCCCCCCC(=O)OCCCCCCCC. The number of ether oxygens (including phenoxy) is 1. The van der Waals surface area contributed by atoms with E-state index in [1.165, 1.54) is 135 Å². The Morgan fingerprint density at radius 1 is 0.433 bits per heavy atom. The number of carbonyl (C=O) groups excluding carboxylic acids is 1. The molecule has 0 unspecified atom stereocenters. The fourth-order valence-electron chi connectivity index (χ4n) is 4.13. The van der Waals surface area contributed by atoms with Crippen LogP contribution in [0.3, 0.4) is 0 Å². The molecule has 180 valence electrons. The van der Waals surface area contributed by atoms with Crippen molar-refractivity contribution < 1.29 is 9.53 Å². The van der Waals surface area contributed by atoms with Gasteiger partial charge >= 0.3 is 5.97 Å². The van der Waals surface area contributed by atoms with Crippen LogP contribution in [-0.4, -0.2) is 12.6 Å². The van der Waals surface area contributed by atoms with Crippen molar-refractivity contribution in [1.29, 1.82) is 0 Å². The van der Waals surface area contributed by atoms with Gasteiger partial charge in [-0.3, -0.25) is 4.79 Å². The van der Waals surface area contributed by atoms with Gasteiger partial charge in [0.05, 0.1) is 6.61 Å². The summed E-state index contributed by atoms with van der Waals surface area (Å²) in [5, 5.41) is 0. The molecule has 0 spiro atoms. The molecule has 0 amide bonds. The van der Waals surface area contributed by atoms with Gasteiger partial charge in [-0.2, -0.15) is 0 Å². The maximum atomic E-state index is 11.7. The maximum absolute atomic E-state index is 11.7. The molecule has 2 heteroatoms. The second-order valence-electron chi connectivity index (χ2n) is 9.40. The average Bonchev–Trinajstić information content (AvgIpc) is 2.75. The number of esters is 1. The Bertz CT molecular complexity index is 327. The summed E-state index contributed by atoms with van der Waals surface area (Å²) in [6, 6.07) is 0. The Hall–Kier alpha value is -0.530. The Balaban J connectivity index is 3.11. The second kappa shape index (κ2) is 26.5. The van der Waals surface area contributed by atoms with E-state index in [4.69, 9.17) is 4.74 Å². The summed E-state index contributed by atoms with van der Waals surface area (Å²) in [5.41, 5.74) is 0. The van der Waals surface area contributed by atoms with Crippen molar-refractivity contribution in [2.45, 2.75) is 168 Å². The molecule has 0 aromatic carbocycles. The molecule has 0 aromatic rings. The first-order valence-corrected chi connectivity index (χ1v) is 14.0. The highest BCUT2D eigenvalue weighted by Gasteiger charge is 2.02. The quantitative estimate of drug-likeness (QED) is 0.108. The standard InChI is InChI=1S/C28H56O2/c1-3-5-7-9-11-12-13-14-15-16-17-18-19-20-21-22-24-26-28(29)30-27-25-23-10-8-6-4-2/h3-27H2,1-2H3. The third kappa shape index (κ3) is 25.5. The van der Waals surface area contributed by atoms with Crippen LogP contribution in [0.15, 0.2) is 0 Å². The first kappa shape index (κ1) is 29.5. The van der Waals surface area contributed by atoms with E-state index in [0.717, 1.165) is 12.8 Å². The molecule has 0 aromatic heterocycles. The summed E-state index contributed by atoms with van der Waals surface area (Å²) in [4.78, 5) is 11.7. The number of rotatable bonds is 25. The van der Waals surface area contributed by atoms with Gasteiger partial charge in [-0.05, 0) is 12.8 Å². The van der Waals surface area contributed by atoms with Gasteiger partial charge in [0.2, 0.25) is 0 Å². The van der Waals surface area contributed by atoms with E-state index in [1.54, 1.807) is 0 Å². The van der Waals surface area contributed by atoms with E-state index in [1.807, 2.05) is 0 Å². The first-order chi connectivity index (χ1) is 14.8. The zero-order chi connectivity index (χ0) is 22.0. The molecule has 0 radical (unpaired) electrons. The fourth-order valence-corrected chi connectivity index (χ4v) is 4.13.